The number of halogens is 2. The number of ether oxygens (including phenoxy) is 1. The Bertz CT molecular complexity index is 1080. The second-order valence-corrected chi connectivity index (χ2v) is 9.62. The molecule has 0 aliphatic carbocycles. The largest absolute Gasteiger partial charge is 0.433 e. The molecule has 1 N–H and O–H groups in total. The van der Waals surface area contributed by atoms with E-state index in [9.17, 15) is 13.6 Å². The van der Waals surface area contributed by atoms with Gasteiger partial charge in [-0.15, -0.1) is 10.2 Å². The van der Waals surface area contributed by atoms with E-state index < -0.39 is 11.9 Å². The number of hydrogen-bond acceptors (Lipinski definition) is 5. The SMILES string of the molecule is CC(Sc1nnc(-c2ccc(C(C)(C)C)cc2)n1C)C(=O)Nc1ccccc1OC(F)F. The first-order valence-corrected chi connectivity index (χ1v) is 11.0. The molecule has 3 aromatic rings. The Morgan fingerprint density at radius 1 is 1.09 bits per heavy atom. The maximum absolute atomic E-state index is 12.6. The highest BCUT2D eigenvalue weighted by atomic mass is 32.2. The number of aromatic nitrogens is 3. The second kappa shape index (κ2) is 9.68. The van der Waals surface area contributed by atoms with Crippen LogP contribution < -0.4 is 10.1 Å². The summed E-state index contributed by atoms with van der Waals surface area (Å²) < 4.78 is 31.5. The van der Waals surface area contributed by atoms with Gasteiger partial charge in [0, 0.05) is 12.6 Å². The summed E-state index contributed by atoms with van der Waals surface area (Å²) in [6, 6.07) is 14.2. The fraction of sp³-hybridized carbons (Fsp3) is 0.348. The van der Waals surface area contributed by atoms with Crippen LogP contribution in [0.15, 0.2) is 53.7 Å². The van der Waals surface area contributed by atoms with Gasteiger partial charge in [-0.3, -0.25) is 4.79 Å². The van der Waals surface area contributed by atoms with Gasteiger partial charge in [-0.1, -0.05) is 68.9 Å². The van der Waals surface area contributed by atoms with Crippen LogP contribution in [0.2, 0.25) is 0 Å². The highest BCUT2D eigenvalue weighted by Crippen LogP contribution is 2.30. The number of carbonyl (C=O) groups excluding carboxylic acids is 1. The van der Waals surface area contributed by atoms with Gasteiger partial charge < -0.3 is 14.6 Å². The van der Waals surface area contributed by atoms with Gasteiger partial charge in [0.2, 0.25) is 5.91 Å². The van der Waals surface area contributed by atoms with Crippen LogP contribution in [-0.4, -0.2) is 32.5 Å². The molecular formula is C23H26F2N4O2S. The number of thioether (sulfide) groups is 1. The van der Waals surface area contributed by atoms with Crippen LogP contribution in [0.4, 0.5) is 14.5 Å². The highest BCUT2D eigenvalue weighted by molar-refractivity contribution is 8.00. The average molecular weight is 461 g/mol. The van der Waals surface area contributed by atoms with Gasteiger partial charge in [0.1, 0.15) is 5.75 Å². The first-order valence-electron chi connectivity index (χ1n) is 10.1. The normalized spacial score (nSPS) is 12.6. The highest BCUT2D eigenvalue weighted by Gasteiger charge is 2.21. The summed E-state index contributed by atoms with van der Waals surface area (Å²) in [6.45, 7) is 5.20. The summed E-state index contributed by atoms with van der Waals surface area (Å²) in [5.74, 6) is 0.239. The Morgan fingerprint density at radius 3 is 2.38 bits per heavy atom. The maximum Gasteiger partial charge on any atom is 0.387 e. The lowest BCUT2D eigenvalue weighted by Crippen LogP contribution is -2.23. The lowest BCUT2D eigenvalue weighted by molar-refractivity contribution is -0.115. The van der Waals surface area contributed by atoms with E-state index in [0.717, 1.165) is 5.56 Å². The Morgan fingerprint density at radius 2 is 1.75 bits per heavy atom. The number of carbonyl (C=O) groups is 1. The van der Waals surface area contributed by atoms with Crippen LogP contribution in [0, 0.1) is 0 Å². The lowest BCUT2D eigenvalue weighted by atomic mass is 9.87. The molecule has 1 unspecified atom stereocenters. The molecule has 0 aliphatic heterocycles. The minimum absolute atomic E-state index is 0.0567. The molecular weight excluding hydrogens is 434 g/mol. The molecule has 1 atom stereocenters. The number of para-hydroxylation sites is 2. The zero-order valence-electron chi connectivity index (χ0n) is 18.6. The predicted octanol–water partition coefficient (Wildman–Crippen LogP) is 5.50. The Labute approximate surface area is 190 Å². The topological polar surface area (TPSA) is 69.0 Å². The molecule has 1 aromatic heterocycles. The number of hydrogen-bond donors (Lipinski definition) is 1. The molecule has 0 radical (unpaired) electrons. The summed E-state index contributed by atoms with van der Waals surface area (Å²) in [4.78, 5) is 12.6. The number of rotatable bonds is 7. The zero-order chi connectivity index (χ0) is 23.5. The third-order valence-corrected chi connectivity index (χ3v) is 5.99. The van der Waals surface area contributed by atoms with Crippen molar-refractivity contribution >= 4 is 23.4 Å². The summed E-state index contributed by atoms with van der Waals surface area (Å²) in [7, 11) is 1.84. The van der Waals surface area contributed by atoms with Crippen LogP contribution >= 0.6 is 11.8 Å². The molecule has 32 heavy (non-hydrogen) atoms. The molecule has 0 aliphatic rings. The van der Waals surface area contributed by atoms with Crippen molar-refractivity contribution in [2.75, 3.05) is 5.32 Å². The smallest absolute Gasteiger partial charge is 0.387 e. The average Bonchev–Trinajstić information content (AvgIpc) is 3.08. The third-order valence-electron chi connectivity index (χ3n) is 4.86. The molecule has 6 nitrogen and oxygen atoms in total. The molecule has 0 saturated carbocycles. The number of nitrogens with one attached hydrogen (secondary N) is 1. The summed E-state index contributed by atoms with van der Waals surface area (Å²) in [6.07, 6.45) is 0. The van der Waals surface area contributed by atoms with Crippen LogP contribution in [-0.2, 0) is 17.3 Å². The maximum atomic E-state index is 12.6. The molecule has 1 heterocycles. The molecule has 0 fully saturated rings. The molecule has 9 heteroatoms. The second-order valence-electron chi connectivity index (χ2n) is 8.32. The van der Waals surface area contributed by atoms with Crippen molar-refractivity contribution in [3.8, 4) is 17.1 Å². The monoisotopic (exact) mass is 460 g/mol. The van der Waals surface area contributed by atoms with Crippen molar-refractivity contribution in [3.63, 3.8) is 0 Å². The summed E-state index contributed by atoms with van der Waals surface area (Å²) >= 11 is 1.23. The number of nitrogens with zero attached hydrogens (tertiary/aromatic N) is 3. The zero-order valence-corrected chi connectivity index (χ0v) is 19.4. The number of benzene rings is 2. The van der Waals surface area contributed by atoms with E-state index in [2.05, 4.69) is 53.2 Å². The van der Waals surface area contributed by atoms with Crippen molar-refractivity contribution in [1.29, 1.82) is 0 Å². The number of anilines is 1. The molecule has 0 saturated heterocycles. The van der Waals surface area contributed by atoms with Gasteiger partial charge in [-0.2, -0.15) is 8.78 Å². The number of alkyl halides is 2. The van der Waals surface area contributed by atoms with Crippen molar-refractivity contribution in [2.24, 2.45) is 7.05 Å². The van der Waals surface area contributed by atoms with Gasteiger partial charge in [0.05, 0.1) is 10.9 Å². The Balaban J connectivity index is 1.71. The van der Waals surface area contributed by atoms with Gasteiger partial charge in [0.25, 0.3) is 0 Å². The van der Waals surface area contributed by atoms with Gasteiger partial charge in [0.15, 0.2) is 11.0 Å². The van der Waals surface area contributed by atoms with Crippen molar-refractivity contribution < 1.29 is 18.3 Å². The first-order chi connectivity index (χ1) is 15.1. The summed E-state index contributed by atoms with van der Waals surface area (Å²) in [5.41, 5.74) is 2.39. The Kier molecular flexibility index (Phi) is 7.18. The van der Waals surface area contributed by atoms with E-state index in [1.54, 1.807) is 19.1 Å². The minimum Gasteiger partial charge on any atom is -0.433 e. The minimum atomic E-state index is -2.98. The van der Waals surface area contributed by atoms with Crippen LogP contribution in [0.25, 0.3) is 11.4 Å². The fourth-order valence-electron chi connectivity index (χ4n) is 3.00. The van der Waals surface area contributed by atoms with Crippen LogP contribution in [0.5, 0.6) is 5.75 Å². The molecule has 2 aromatic carbocycles. The predicted molar refractivity (Wildman–Crippen MR) is 122 cm³/mol. The molecule has 0 spiro atoms. The van der Waals surface area contributed by atoms with Gasteiger partial charge in [-0.05, 0) is 30.0 Å². The van der Waals surface area contributed by atoms with Gasteiger partial charge >= 0.3 is 6.61 Å². The van der Waals surface area contributed by atoms with Crippen molar-refractivity contribution in [2.45, 2.75) is 50.1 Å². The quantitative estimate of drug-likeness (QED) is 0.472. The first kappa shape index (κ1) is 23.7. The standard InChI is InChI=1S/C23H26F2N4O2S/c1-14(20(30)26-17-8-6-7-9-18(17)31-21(24)25)32-22-28-27-19(29(22)5)15-10-12-16(13-11-15)23(2,3)4/h6-14,21H,1-5H3,(H,26,30). The van der Waals surface area contributed by atoms with Crippen LogP contribution in [0.1, 0.15) is 33.3 Å². The fourth-order valence-corrected chi connectivity index (χ4v) is 3.82. The summed E-state index contributed by atoms with van der Waals surface area (Å²) in [5, 5.41) is 11.2. The molecule has 3 rings (SSSR count). The number of amides is 1. The third kappa shape index (κ3) is 5.64. The molecule has 0 bridgehead atoms. The molecule has 1 amide bonds. The Hall–Kier alpha value is -2.94. The lowest BCUT2D eigenvalue weighted by Gasteiger charge is -2.19. The van der Waals surface area contributed by atoms with E-state index in [4.69, 9.17) is 0 Å². The van der Waals surface area contributed by atoms with Crippen molar-refractivity contribution in [3.05, 3.63) is 54.1 Å². The van der Waals surface area contributed by atoms with E-state index in [0.29, 0.717) is 11.0 Å². The van der Waals surface area contributed by atoms with E-state index in [-0.39, 0.29) is 22.8 Å². The van der Waals surface area contributed by atoms with E-state index in [1.165, 1.54) is 29.5 Å². The molecule has 170 valence electrons. The van der Waals surface area contributed by atoms with Crippen LogP contribution in [0.3, 0.4) is 0 Å². The van der Waals surface area contributed by atoms with Crippen molar-refractivity contribution in [1.82, 2.24) is 14.8 Å². The van der Waals surface area contributed by atoms with Gasteiger partial charge in [-0.25, -0.2) is 0 Å². The van der Waals surface area contributed by atoms with E-state index in [1.807, 2.05) is 23.7 Å². The van der Waals surface area contributed by atoms with E-state index >= 15 is 0 Å².